The summed E-state index contributed by atoms with van der Waals surface area (Å²) in [5.74, 6) is 0.488. The molecule has 0 heterocycles. The largest absolute Gasteiger partial charge is 0.298 e. The molecule has 0 aliphatic heterocycles. The molecule has 0 unspecified atom stereocenters. The fourth-order valence-corrected chi connectivity index (χ4v) is 10.0. The van der Waals surface area contributed by atoms with Crippen molar-refractivity contribution in [3.8, 4) is 0 Å². The van der Waals surface area contributed by atoms with E-state index in [1.54, 1.807) is 0 Å². The molecule has 3 heteroatoms. The molecule has 0 spiro atoms. The van der Waals surface area contributed by atoms with Gasteiger partial charge in [-0.25, -0.2) is 0 Å². The molecule has 0 aliphatic carbocycles. The van der Waals surface area contributed by atoms with Gasteiger partial charge in [0.05, 0.1) is 21.6 Å². The molecular formula is C24H48OSi2. The summed E-state index contributed by atoms with van der Waals surface area (Å²) in [7, 11) is -2.78. The zero-order valence-corrected chi connectivity index (χ0v) is 22.0. The van der Waals surface area contributed by atoms with Crippen molar-refractivity contribution in [1.29, 1.82) is 0 Å². The van der Waals surface area contributed by atoms with Gasteiger partial charge in [0.25, 0.3) is 0 Å². The van der Waals surface area contributed by atoms with Crippen molar-refractivity contribution in [1.82, 2.24) is 0 Å². The van der Waals surface area contributed by atoms with Crippen LogP contribution in [0.2, 0.25) is 36.3 Å². The number of rotatable bonds is 14. The smallest absolute Gasteiger partial charge is 0.149 e. The van der Waals surface area contributed by atoms with E-state index in [0.29, 0.717) is 5.78 Å². The Morgan fingerprint density at radius 1 is 0.741 bits per heavy atom. The summed E-state index contributed by atoms with van der Waals surface area (Å²) in [6, 6.07) is 7.64. The van der Waals surface area contributed by atoms with Crippen molar-refractivity contribution in [2.75, 3.05) is 0 Å². The first-order chi connectivity index (χ1) is 12.7. The average molecular weight is 409 g/mol. The lowest BCUT2D eigenvalue weighted by atomic mass is 9.75. The van der Waals surface area contributed by atoms with Gasteiger partial charge in [0, 0.05) is 5.92 Å². The third-order valence-corrected chi connectivity index (χ3v) is 17.5. The van der Waals surface area contributed by atoms with Gasteiger partial charge in [-0.2, -0.15) is 0 Å². The van der Waals surface area contributed by atoms with Crippen LogP contribution in [0.15, 0.2) is 23.6 Å². The Labute approximate surface area is 173 Å². The topological polar surface area (TPSA) is 17.1 Å². The first kappa shape index (κ1) is 26.6. The first-order valence-corrected chi connectivity index (χ1v) is 17.0. The Morgan fingerprint density at radius 3 is 1.30 bits per heavy atom. The fraction of sp³-hybridized carbons (Fsp3) is 0.792. The molecule has 0 amide bonds. The third-order valence-electron chi connectivity index (χ3n) is 7.34. The van der Waals surface area contributed by atoms with E-state index in [9.17, 15) is 4.79 Å². The van der Waals surface area contributed by atoms with Crippen LogP contribution in [-0.4, -0.2) is 21.9 Å². The highest BCUT2D eigenvalue weighted by molar-refractivity contribution is 6.84. The van der Waals surface area contributed by atoms with Crippen molar-refractivity contribution >= 4 is 21.9 Å². The second-order valence-corrected chi connectivity index (χ2v) is 19.2. The Balaban J connectivity index is 6.34. The zero-order valence-electron chi connectivity index (χ0n) is 20.0. The third kappa shape index (κ3) is 6.85. The average Bonchev–Trinajstić information content (AvgIpc) is 2.70. The molecule has 0 aromatic rings. The minimum Gasteiger partial charge on any atom is -0.298 e. The maximum atomic E-state index is 13.4. The molecule has 0 aromatic carbocycles. The van der Waals surface area contributed by atoms with Crippen LogP contribution in [0.1, 0.15) is 75.2 Å². The van der Waals surface area contributed by atoms with E-state index in [1.807, 2.05) is 0 Å². The van der Waals surface area contributed by atoms with Crippen LogP contribution < -0.4 is 0 Å². The fourth-order valence-electron chi connectivity index (χ4n) is 4.32. The zero-order chi connectivity index (χ0) is 21.1. The van der Waals surface area contributed by atoms with Crippen molar-refractivity contribution in [2.45, 2.75) is 111 Å². The van der Waals surface area contributed by atoms with Gasteiger partial charge in [-0.05, 0) is 6.42 Å². The molecule has 0 saturated carbocycles. The van der Waals surface area contributed by atoms with Gasteiger partial charge in [0.1, 0.15) is 5.78 Å². The summed E-state index contributed by atoms with van der Waals surface area (Å²) in [6.07, 6.45) is 6.74. The lowest BCUT2D eigenvalue weighted by Gasteiger charge is -2.33. The predicted molar refractivity (Wildman–Crippen MR) is 130 cm³/mol. The summed E-state index contributed by atoms with van der Waals surface area (Å²) in [6.45, 7) is 20.4. The molecule has 0 aliphatic rings. The van der Waals surface area contributed by atoms with Gasteiger partial charge < -0.3 is 0 Å². The number of Topliss-reactive ketones (excluding diaryl/α,β-unsaturated/α-hetero) is 1. The number of hydrogen-bond acceptors (Lipinski definition) is 1. The summed E-state index contributed by atoms with van der Waals surface area (Å²) in [5.41, 5.74) is 4.69. The van der Waals surface area contributed by atoms with E-state index in [-0.39, 0.29) is 5.92 Å². The van der Waals surface area contributed by atoms with E-state index in [2.05, 4.69) is 85.9 Å². The quantitative estimate of drug-likeness (QED) is 0.265. The Morgan fingerprint density at radius 2 is 1.07 bits per heavy atom. The van der Waals surface area contributed by atoms with Gasteiger partial charge in [0.15, 0.2) is 0 Å². The molecule has 0 fully saturated rings. The summed E-state index contributed by atoms with van der Waals surface area (Å²) in [4.78, 5) is 13.4. The molecule has 158 valence electrons. The number of allylic oxidation sites excluding steroid dienone is 2. The molecule has 1 nitrogen and oxygen atoms in total. The summed E-state index contributed by atoms with van der Waals surface area (Å²) >= 11 is 0. The van der Waals surface area contributed by atoms with Crippen LogP contribution in [0.3, 0.4) is 0 Å². The van der Waals surface area contributed by atoms with Crippen LogP contribution in [-0.2, 0) is 4.79 Å². The minimum atomic E-state index is -1.39. The monoisotopic (exact) mass is 408 g/mol. The van der Waals surface area contributed by atoms with Gasteiger partial charge in [0.2, 0.25) is 0 Å². The highest BCUT2D eigenvalue weighted by atomic mass is 28.3. The van der Waals surface area contributed by atoms with E-state index in [0.717, 1.165) is 12.8 Å². The Hall–Kier alpha value is -0.416. The highest BCUT2D eigenvalue weighted by Gasteiger charge is 2.36. The maximum Gasteiger partial charge on any atom is 0.149 e. The van der Waals surface area contributed by atoms with Gasteiger partial charge in [-0.1, -0.05) is 129 Å². The van der Waals surface area contributed by atoms with Crippen LogP contribution in [0.4, 0.5) is 0 Å². The number of ketones is 1. The van der Waals surface area contributed by atoms with Crippen molar-refractivity contribution in [2.24, 2.45) is 11.3 Å². The SMILES string of the molecule is CCCC(/C=C/[Si](CC)(CC)CC)(/C=C/[Si](CC)(CC)CC)C(=O)C(C)C. The number of hydrogen-bond donors (Lipinski definition) is 0. The summed E-state index contributed by atoms with van der Waals surface area (Å²) in [5, 5.41) is 0. The molecule has 0 saturated heterocycles. The van der Waals surface area contributed by atoms with Crippen LogP contribution in [0.25, 0.3) is 0 Å². The van der Waals surface area contributed by atoms with E-state index in [1.165, 1.54) is 36.3 Å². The summed E-state index contributed by atoms with van der Waals surface area (Å²) < 4.78 is 0. The normalized spacial score (nSPS) is 14.0. The standard InChI is InChI=1S/C24H48OSi2/c1-10-17-24(23(25)22(8)9,18-20-26(11-2,12-3)13-4)19-21-27(14-5,15-6)16-7/h18-22H,10-17H2,1-9H3/b20-18+,21-19+. The lowest BCUT2D eigenvalue weighted by molar-refractivity contribution is -0.127. The van der Waals surface area contributed by atoms with Gasteiger partial charge >= 0.3 is 0 Å². The molecule has 0 atom stereocenters. The predicted octanol–water partition coefficient (Wildman–Crippen LogP) is 8.21. The minimum absolute atomic E-state index is 0.0766. The number of carbonyl (C=O) groups is 1. The molecule has 0 N–H and O–H groups in total. The Bertz CT molecular complexity index is 436. The Kier molecular flexibility index (Phi) is 12.0. The first-order valence-electron chi connectivity index (χ1n) is 11.6. The van der Waals surface area contributed by atoms with E-state index in [4.69, 9.17) is 0 Å². The number of carbonyl (C=O) groups excluding carboxylic acids is 1. The van der Waals surface area contributed by atoms with E-state index < -0.39 is 21.6 Å². The van der Waals surface area contributed by atoms with E-state index >= 15 is 0 Å². The lowest BCUT2D eigenvalue weighted by Crippen LogP contribution is -2.36. The van der Waals surface area contributed by atoms with Crippen LogP contribution in [0.5, 0.6) is 0 Å². The second kappa shape index (κ2) is 12.2. The molecule has 0 radical (unpaired) electrons. The molecule has 0 bridgehead atoms. The molecule has 27 heavy (non-hydrogen) atoms. The van der Waals surface area contributed by atoms with Crippen molar-refractivity contribution in [3.63, 3.8) is 0 Å². The second-order valence-electron chi connectivity index (χ2n) is 8.82. The highest BCUT2D eigenvalue weighted by Crippen LogP contribution is 2.36. The van der Waals surface area contributed by atoms with Gasteiger partial charge in [-0.3, -0.25) is 4.79 Å². The molecular weight excluding hydrogens is 360 g/mol. The molecule has 0 aromatic heterocycles. The van der Waals surface area contributed by atoms with Crippen molar-refractivity contribution in [3.05, 3.63) is 23.6 Å². The van der Waals surface area contributed by atoms with Gasteiger partial charge in [-0.15, -0.1) is 0 Å². The molecule has 0 rings (SSSR count). The maximum absolute atomic E-state index is 13.4. The van der Waals surface area contributed by atoms with Crippen LogP contribution >= 0.6 is 0 Å². The van der Waals surface area contributed by atoms with Crippen LogP contribution in [0, 0.1) is 11.3 Å². The van der Waals surface area contributed by atoms with Crippen molar-refractivity contribution < 1.29 is 4.79 Å².